The molecule has 0 atom stereocenters. The number of aromatic nitrogens is 1. The Morgan fingerprint density at radius 1 is 1.21 bits per heavy atom. The second-order valence-electron chi connectivity index (χ2n) is 5.55. The first kappa shape index (κ1) is 20.4. The lowest BCUT2D eigenvalue weighted by Gasteiger charge is -2.10. The van der Waals surface area contributed by atoms with Gasteiger partial charge in [0.15, 0.2) is 0 Å². The second-order valence-corrected chi connectivity index (χ2v) is 7.73. The number of hydrogen-bond donors (Lipinski definition) is 1. The molecule has 3 rings (SSSR count). The van der Waals surface area contributed by atoms with Crippen LogP contribution >= 0.6 is 38.9 Å². The number of nitriles is 1. The van der Waals surface area contributed by atoms with Crippen molar-refractivity contribution in [3.05, 3.63) is 74.1 Å². The molecule has 0 saturated heterocycles. The molecule has 0 aliphatic heterocycles. The lowest BCUT2D eigenvalue weighted by Crippen LogP contribution is -2.05. The van der Waals surface area contributed by atoms with Crippen molar-refractivity contribution < 1.29 is 13.2 Å². The summed E-state index contributed by atoms with van der Waals surface area (Å²) < 4.78 is 39.5. The van der Waals surface area contributed by atoms with E-state index in [1.165, 1.54) is 17.5 Å². The average molecular weight is 485 g/mol. The van der Waals surface area contributed by atoms with Crippen LogP contribution in [0.4, 0.5) is 18.9 Å². The Morgan fingerprint density at radius 3 is 2.57 bits per heavy atom. The fraction of sp³-hybridized carbons (Fsp3) is 0.0526. The second kappa shape index (κ2) is 8.35. The maximum absolute atomic E-state index is 12.9. The SMILES string of the molecule is N#C/C(=C\Nc1cc(C(F)(F)F)ccc1Cl)c1nc(-c2ccc(Br)cc2)cs1. The van der Waals surface area contributed by atoms with Gasteiger partial charge in [-0.1, -0.05) is 39.7 Å². The zero-order chi connectivity index (χ0) is 20.3. The highest BCUT2D eigenvalue weighted by atomic mass is 79.9. The van der Waals surface area contributed by atoms with Gasteiger partial charge in [0.2, 0.25) is 0 Å². The van der Waals surface area contributed by atoms with Crippen LogP contribution in [0.5, 0.6) is 0 Å². The Kier molecular flexibility index (Phi) is 6.08. The quantitative estimate of drug-likeness (QED) is 0.398. The van der Waals surface area contributed by atoms with Crippen LogP contribution in [0.3, 0.4) is 0 Å². The summed E-state index contributed by atoms with van der Waals surface area (Å²) in [6.07, 6.45) is -3.19. The summed E-state index contributed by atoms with van der Waals surface area (Å²) in [5, 5.41) is 14.4. The standard InChI is InChI=1S/C19H10BrClF3N3S/c20-14-4-1-11(2-5-14)17-10-28-18(27-17)12(8-25)9-26-16-7-13(19(22,23)24)3-6-15(16)21/h1-7,9-10,26H/b12-9+. The van der Waals surface area contributed by atoms with Crippen LogP contribution in [0.1, 0.15) is 10.6 Å². The number of anilines is 1. The van der Waals surface area contributed by atoms with Crippen molar-refractivity contribution in [1.82, 2.24) is 4.98 Å². The third kappa shape index (κ3) is 4.73. The van der Waals surface area contributed by atoms with Gasteiger partial charge in [-0.15, -0.1) is 11.3 Å². The van der Waals surface area contributed by atoms with Gasteiger partial charge >= 0.3 is 6.18 Å². The fourth-order valence-corrected chi connectivity index (χ4v) is 3.49. The monoisotopic (exact) mass is 483 g/mol. The normalized spacial score (nSPS) is 11.9. The molecule has 142 valence electrons. The molecule has 1 heterocycles. The molecular weight excluding hydrogens is 475 g/mol. The molecule has 0 bridgehead atoms. The van der Waals surface area contributed by atoms with Crippen LogP contribution in [0.15, 0.2) is 58.5 Å². The number of nitrogens with one attached hydrogen (secondary N) is 1. The minimum absolute atomic E-state index is 0.0499. The number of halogens is 5. The van der Waals surface area contributed by atoms with Gasteiger partial charge < -0.3 is 5.32 Å². The summed E-state index contributed by atoms with van der Waals surface area (Å²) in [5.74, 6) is 0. The van der Waals surface area contributed by atoms with Crippen LogP contribution in [0.25, 0.3) is 16.8 Å². The number of thiazole rings is 1. The lowest BCUT2D eigenvalue weighted by molar-refractivity contribution is -0.137. The third-order valence-corrected chi connectivity index (χ3v) is 5.39. The van der Waals surface area contributed by atoms with E-state index in [4.69, 9.17) is 11.6 Å². The zero-order valence-electron chi connectivity index (χ0n) is 13.9. The summed E-state index contributed by atoms with van der Waals surface area (Å²) in [6.45, 7) is 0. The van der Waals surface area contributed by atoms with Crippen molar-refractivity contribution in [2.24, 2.45) is 0 Å². The van der Waals surface area contributed by atoms with Gasteiger partial charge in [0.05, 0.1) is 22.0 Å². The number of alkyl halides is 3. The molecule has 3 aromatic rings. The van der Waals surface area contributed by atoms with Crippen molar-refractivity contribution in [3.63, 3.8) is 0 Å². The third-order valence-electron chi connectivity index (χ3n) is 3.66. The van der Waals surface area contributed by atoms with Gasteiger partial charge in [0.1, 0.15) is 16.6 Å². The smallest absolute Gasteiger partial charge is 0.359 e. The lowest BCUT2D eigenvalue weighted by atomic mass is 10.2. The van der Waals surface area contributed by atoms with Crippen LogP contribution in [0.2, 0.25) is 5.02 Å². The van der Waals surface area contributed by atoms with Crippen molar-refractivity contribution in [3.8, 4) is 17.3 Å². The molecule has 0 fully saturated rings. The van der Waals surface area contributed by atoms with E-state index in [1.807, 2.05) is 30.3 Å². The molecule has 1 N–H and O–H groups in total. The summed E-state index contributed by atoms with van der Waals surface area (Å²) >= 11 is 10.6. The maximum atomic E-state index is 12.9. The van der Waals surface area contributed by atoms with Gasteiger partial charge in [-0.3, -0.25) is 0 Å². The molecule has 1 aromatic heterocycles. The Hall–Kier alpha value is -2.34. The first-order valence-electron chi connectivity index (χ1n) is 7.73. The zero-order valence-corrected chi connectivity index (χ0v) is 17.0. The van der Waals surface area contributed by atoms with E-state index in [1.54, 1.807) is 5.38 Å². The highest BCUT2D eigenvalue weighted by Gasteiger charge is 2.30. The average Bonchev–Trinajstić information content (AvgIpc) is 3.13. The summed E-state index contributed by atoms with van der Waals surface area (Å²) in [5.41, 5.74) is 0.983. The molecule has 28 heavy (non-hydrogen) atoms. The largest absolute Gasteiger partial charge is 0.416 e. The molecule has 0 aliphatic carbocycles. The molecule has 0 spiro atoms. The molecule has 0 aliphatic rings. The van der Waals surface area contributed by atoms with Crippen molar-refractivity contribution in [1.29, 1.82) is 5.26 Å². The van der Waals surface area contributed by atoms with Crippen LogP contribution in [-0.2, 0) is 6.18 Å². The molecule has 2 aromatic carbocycles. The number of rotatable bonds is 4. The Labute approximate surface area is 176 Å². The van der Waals surface area contributed by atoms with Gasteiger partial charge in [-0.25, -0.2) is 4.98 Å². The van der Waals surface area contributed by atoms with E-state index < -0.39 is 11.7 Å². The molecule has 9 heteroatoms. The Morgan fingerprint density at radius 2 is 1.93 bits per heavy atom. The number of allylic oxidation sites excluding steroid dienone is 1. The Balaban J connectivity index is 1.86. The Bertz CT molecular complexity index is 1070. The minimum atomic E-state index is -4.49. The summed E-state index contributed by atoms with van der Waals surface area (Å²) in [7, 11) is 0. The highest BCUT2D eigenvalue weighted by molar-refractivity contribution is 9.10. The number of nitrogens with zero attached hydrogens (tertiary/aromatic N) is 2. The fourth-order valence-electron chi connectivity index (χ4n) is 2.25. The van der Waals surface area contributed by atoms with Crippen molar-refractivity contribution >= 4 is 50.1 Å². The van der Waals surface area contributed by atoms with E-state index in [2.05, 4.69) is 26.2 Å². The van der Waals surface area contributed by atoms with E-state index in [9.17, 15) is 18.4 Å². The highest BCUT2D eigenvalue weighted by Crippen LogP contribution is 2.34. The van der Waals surface area contributed by atoms with E-state index in [-0.39, 0.29) is 16.3 Å². The summed E-state index contributed by atoms with van der Waals surface area (Å²) in [6, 6.07) is 12.5. The predicted octanol–water partition coefficient (Wildman–Crippen LogP) is 7.22. The topological polar surface area (TPSA) is 48.7 Å². The molecule has 0 saturated carbocycles. The van der Waals surface area contributed by atoms with E-state index >= 15 is 0 Å². The van der Waals surface area contributed by atoms with E-state index in [0.29, 0.717) is 10.7 Å². The molecular formula is C19H10BrClF3N3S. The van der Waals surface area contributed by atoms with Gasteiger partial charge in [0, 0.05) is 21.6 Å². The first-order valence-corrected chi connectivity index (χ1v) is 9.78. The van der Waals surface area contributed by atoms with Crippen molar-refractivity contribution in [2.75, 3.05) is 5.32 Å². The first-order chi connectivity index (χ1) is 13.3. The van der Waals surface area contributed by atoms with Gasteiger partial charge in [-0.2, -0.15) is 18.4 Å². The predicted molar refractivity (Wildman–Crippen MR) is 109 cm³/mol. The molecule has 0 radical (unpaired) electrons. The molecule has 0 amide bonds. The van der Waals surface area contributed by atoms with Crippen LogP contribution in [0, 0.1) is 11.3 Å². The number of hydrogen-bond acceptors (Lipinski definition) is 4. The van der Waals surface area contributed by atoms with E-state index in [0.717, 1.165) is 28.2 Å². The molecule has 0 unspecified atom stereocenters. The van der Waals surface area contributed by atoms with Crippen LogP contribution in [-0.4, -0.2) is 4.98 Å². The number of benzene rings is 2. The van der Waals surface area contributed by atoms with Gasteiger partial charge in [-0.05, 0) is 30.3 Å². The van der Waals surface area contributed by atoms with Crippen molar-refractivity contribution in [2.45, 2.75) is 6.18 Å². The minimum Gasteiger partial charge on any atom is -0.359 e. The molecule has 3 nitrogen and oxygen atoms in total. The van der Waals surface area contributed by atoms with Gasteiger partial charge in [0.25, 0.3) is 0 Å². The summed E-state index contributed by atoms with van der Waals surface area (Å²) in [4.78, 5) is 4.43. The maximum Gasteiger partial charge on any atom is 0.416 e. The van der Waals surface area contributed by atoms with Crippen LogP contribution < -0.4 is 5.32 Å².